The first-order valence-electron chi connectivity index (χ1n) is 12.8. The molecule has 4 aromatic rings. The summed E-state index contributed by atoms with van der Waals surface area (Å²) in [5.74, 6) is -0.273. The number of hydrogen-bond acceptors (Lipinski definition) is 6. The zero-order valence-corrected chi connectivity index (χ0v) is 21.8. The number of amides is 3. The van der Waals surface area contributed by atoms with Crippen LogP contribution in [0.4, 0.5) is 11.4 Å². The van der Waals surface area contributed by atoms with Crippen molar-refractivity contribution < 1.29 is 14.4 Å². The number of carbonyl (C=O) groups excluding carboxylic acids is 3. The van der Waals surface area contributed by atoms with Crippen LogP contribution in [0.5, 0.6) is 0 Å². The molecule has 8 heteroatoms. The number of anilines is 2. The van der Waals surface area contributed by atoms with Gasteiger partial charge in [0.2, 0.25) is 17.7 Å². The highest BCUT2D eigenvalue weighted by molar-refractivity contribution is 8.01. The highest BCUT2D eigenvalue weighted by Gasteiger charge is 2.48. The molecular formula is C29H25N3O3S2. The van der Waals surface area contributed by atoms with E-state index < -0.39 is 0 Å². The third-order valence-electron chi connectivity index (χ3n) is 7.93. The van der Waals surface area contributed by atoms with Crippen LogP contribution in [-0.4, -0.2) is 28.5 Å². The smallest absolute Gasteiger partial charge is 0.237 e. The lowest BCUT2D eigenvalue weighted by atomic mass is 9.81. The Kier molecular flexibility index (Phi) is 5.55. The van der Waals surface area contributed by atoms with E-state index in [0.29, 0.717) is 5.69 Å². The number of benzene rings is 3. The maximum Gasteiger partial charge on any atom is 0.237 e. The van der Waals surface area contributed by atoms with Crippen LogP contribution in [0.2, 0.25) is 0 Å². The Morgan fingerprint density at radius 3 is 2.54 bits per heavy atom. The minimum absolute atomic E-state index is 0.0622. The summed E-state index contributed by atoms with van der Waals surface area (Å²) in [6.45, 7) is 0. The fraction of sp³-hybridized carbons (Fsp3) is 0.310. The number of thiazole rings is 1. The second-order valence-corrected chi connectivity index (χ2v) is 12.3. The number of imide groups is 1. The minimum atomic E-state index is -0.165. The summed E-state index contributed by atoms with van der Waals surface area (Å²) in [5, 5.41) is 5.47. The van der Waals surface area contributed by atoms with Gasteiger partial charge in [0.25, 0.3) is 0 Å². The van der Waals surface area contributed by atoms with Crippen molar-refractivity contribution in [3.63, 3.8) is 0 Å². The van der Waals surface area contributed by atoms with Crippen molar-refractivity contribution in [1.82, 2.24) is 4.98 Å². The molecular weight excluding hydrogens is 502 g/mol. The number of nitrogens with zero attached hydrogens (tertiary/aromatic N) is 2. The Hall–Kier alpha value is -3.23. The number of thioether (sulfide) groups is 1. The number of nitrogens with one attached hydrogen (secondary N) is 1. The van der Waals surface area contributed by atoms with Crippen molar-refractivity contribution in [2.45, 2.75) is 42.9 Å². The van der Waals surface area contributed by atoms with E-state index in [4.69, 9.17) is 0 Å². The van der Waals surface area contributed by atoms with Gasteiger partial charge < -0.3 is 5.32 Å². The van der Waals surface area contributed by atoms with Crippen molar-refractivity contribution in [2.24, 2.45) is 11.8 Å². The summed E-state index contributed by atoms with van der Waals surface area (Å²) in [6, 6.07) is 16.0. The van der Waals surface area contributed by atoms with E-state index in [-0.39, 0.29) is 35.3 Å². The summed E-state index contributed by atoms with van der Waals surface area (Å²) in [5.41, 5.74) is 4.98. The third-order valence-corrected chi connectivity index (χ3v) is 10.1. The van der Waals surface area contributed by atoms with E-state index in [1.54, 1.807) is 0 Å². The van der Waals surface area contributed by atoms with Crippen LogP contribution in [0.1, 0.15) is 36.8 Å². The lowest BCUT2D eigenvalue weighted by Gasteiger charge is -2.19. The predicted molar refractivity (Wildman–Crippen MR) is 148 cm³/mol. The Balaban J connectivity index is 1.06. The van der Waals surface area contributed by atoms with E-state index in [2.05, 4.69) is 34.6 Å². The molecule has 0 radical (unpaired) electrons. The van der Waals surface area contributed by atoms with Crippen LogP contribution in [0.25, 0.3) is 21.0 Å². The maximum absolute atomic E-state index is 13.0. The van der Waals surface area contributed by atoms with Gasteiger partial charge in [-0.2, -0.15) is 0 Å². The van der Waals surface area contributed by atoms with E-state index in [0.717, 1.165) is 64.2 Å². The molecule has 6 nitrogen and oxygen atoms in total. The maximum atomic E-state index is 13.0. The molecule has 1 aliphatic heterocycles. The normalized spacial score (nSPS) is 20.7. The zero-order chi connectivity index (χ0) is 25.1. The van der Waals surface area contributed by atoms with E-state index in [1.165, 1.54) is 44.5 Å². The monoisotopic (exact) mass is 527 g/mol. The highest BCUT2D eigenvalue weighted by Crippen LogP contribution is 2.41. The SMILES string of the molecule is O=C(CSc1nc2ccc(N3C(=O)[C@H]4CCCC[C@H]4C3=O)cc2s1)Nc1ccc2c3c(cccc13)CC2. The molecule has 2 atom stereocenters. The average molecular weight is 528 g/mol. The van der Waals surface area contributed by atoms with Crippen LogP contribution in [-0.2, 0) is 27.2 Å². The molecule has 3 aliphatic rings. The first kappa shape index (κ1) is 22.9. The summed E-state index contributed by atoms with van der Waals surface area (Å²) in [4.78, 5) is 44.8. The molecule has 3 amide bonds. The lowest BCUT2D eigenvalue weighted by Crippen LogP contribution is -2.30. The van der Waals surface area contributed by atoms with Crippen molar-refractivity contribution >= 4 is 73.2 Å². The summed E-state index contributed by atoms with van der Waals surface area (Å²) in [7, 11) is 0. The number of carbonyl (C=O) groups is 3. The lowest BCUT2D eigenvalue weighted by molar-refractivity contribution is -0.122. The fourth-order valence-electron chi connectivity index (χ4n) is 6.18. The summed E-state index contributed by atoms with van der Waals surface area (Å²) < 4.78 is 1.69. The number of rotatable bonds is 5. The van der Waals surface area contributed by atoms with Crippen molar-refractivity contribution in [1.29, 1.82) is 0 Å². The average Bonchev–Trinajstić information content (AvgIpc) is 3.59. The van der Waals surface area contributed by atoms with Gasteiger partial charge in [-0.25, -0.2) is 4.98 Å². The molecule has 0 unspecified atom stereocenters. The molecule has 2 aliphatic carbocycles. The first-order chi connectivity index (χ1) is 18.1. The summed E-state index contributed by atoms with van der Waals surface area (Å²) >= 11 is 2.88. The van der Waals surface area contributed by atoms with E-state index >= 15 is 0 Å². The molecule has 37 heavy (non-hydrogen) atoms. The molecule has 186 valence electrons. The summed E-state index contributed by atoms with van der Waals surface area (Å²) in [6.07, 6.45) is 5.75. The van der Waals surface area contributed by atoms with E-state index in [9.17, 15) is 14.4 Å². The van der Waals surface area contributed by atoms with Crippen molar-refractivity contribution in [3.8, 4) is 0 Å². The number of fused-ring (bicyclic) bond motifs is 2. The van der Waals surface area contributed by atoms with E-state index in [1.807, 2.05) is 24.3 Å². The largest absolute Gasteiger partial charge is 0.325 e. The molecule has 1 aromatic heterocycles. The van der Waals surface area contributed by atoms with Crippen molar-refractivity contribution in [2.75, 3.05) is 16.0 Å². The molecule has 0 bridgehead atoms. The number of hydrogen-bond donors (Lipinski definition) is 1. The standard InChI is InChI=1S/C29H25N3O3S2/c33-25(30-22-12-10-17-9-8-16-4-3-7-21(22)26(16)17)15-36-29-31-23-13-11-18(14-24(23)37-29)32-27(34)19-5-1-2-6-20(19)28(32)35/h3-4,7,10-14,19-20H,1-2,5-6,8-9,15H2,(H,30,33)/t19-,20+. The van der Waals surface area contributed by atoms with Crippen LogP contribution in [0.15, 0.2) is 52.9 Å². The number of aromatic nitrogens is 1. The first-order valence-corrected chi connectivity index (χ1v) is 14.6. The molecule has 1 saturated heterocycles. The number of aryl methyl sites for hydroxylation is 2. The van der Waals surface area contributed by atoms with Crippen LogP contribution in [0.3, 0.4) is 0 Å². The fourth-order valence-corrected chi connectivity index (χ4v) is 8.08. The van der Waals surface area contributed by atoms with Crippen LogP contribution in [0, 0.1) is 11.8 Å². The highest BCUT2D eigenvalue weighted by atomic mass is 32.2. The predicted octanol–water partition coefficient (Wildman–Crippen LogP) is 5.96. The Morgan fingerprint density at radius 2 is 1.76 bits per heavy atom. The van der Waals surface area contributed by atoms with Crippen molar-refractivity contribution in [3.05, 3.63) is 59.7 Å². The van der Waals surface area contributed by atoms with Gasteiger partial charge in [-0.05, 0) is 66.5 Å². The van der Waals surface area contributed by atoms with Gasteiger partial charge in [0.1, 0.15) is 0 Å². The van der Waals surface area contributed by atoms with Gasteiger partial charge in [-0.3, -0.25) is 19.3 Å². The third kappa shape index (κ3) is 3.85. The Morgan fingerprint density at radius 1 is 1.00 bits per heavy atom. The van der Waals surface area contributed by atoms with Gasteiger partial charge >= 0.3 is 0 Å². The zero-order valence-electron chi connectivity index (χ0n) is 20.2. The molecule has 7 rings (SSSR count). The Bertz CT molecular complexity index is 1580. The van der Waals surface area contributed by atoms with Gasteiger partial charge in [-0.15, -0.1) is 11.3 Å². The minimum Gasteiger partial charge on any atom is -0.325 e. The molecule has 2 heterocycles. The van der Waals surface area contributed by atoms with Gasteiger partial charge in [0, 0.05) is 11.1 Å². The molecule has 0 spiro atoms. The van der Waals surface area contributed by atoms with Crippen LogP contribution < -0.4 is 10.2 Å². The molecule has 3 aromatic carbocycles. The second kappa shape index (κ2) is 8.96. The second-order valence-electron chi connectivity index (χ2n) is 10.1. The van der Waals surface area contributed by atoms with Gasteiger partial charge in [-0.1, -0.05) is 48.9 Å². The molecule has 1 N–H and O–H groups in total. The Labute approximate surface area is 222 Å². The topological polar surface area (TPSA) is 79.4 Å². The molecule has 1 saturated carbocycles. The van der Waals surface area contributed by atoms with Crippen LogP contribution >= 0.6 is 23.1 Å². The quantitative estimate of drug-likeness (QED) is 0.256. The van der Waals surface area contributed by atoms with Gasteiger partial charge in [0.15, 0.2) is 4.34 Å². The molecule has 2 fully saturated rings. The van der Waals surface area contributed by atoms with Gasteiger partial charge in [0.05, 0.1) is 33.5 Å².